The fourth-order valence-corrected chi connectivity index (χ4v) is 6.22. The van der Waals surface area contributed by atoms with Gasteiger partial charge in [0, 0.05) is 5.92 Å². The Hall–Kier alpha value is -0.590. The van der Waals surface area contributed by atoms with Crippen molar-refractivity contribution in [3.63, 3.8) is 0 Å². The minimum Gasteiger partial charge on any atom is -0.300 e. The predicted octanol–water partition coefficient (Wildman–Crippen LogP) is 6.24. The van der Waals surface area contributed by atoms with Crippen molar-refractivity contribution in [2.24, 2.45) is 59.2 Å². The third kappa shape index (κ3) is 3.37. The van der Waals surface area contributed by atoms with Crippen LogP contribution in [0.3, 0.4) is 0 Å². The Morgan fingerprint density at radius 3 is 1.46 bits per heavy atom. The van der Waals surface area contributed by atoms with E-state index in [-0.39, 0.29) is 5.92 Å². The molecule has 0 heterocycles. The maximum absolute atomic E-state index is 12.6. The summed E-state index contributed by atoms with van der Waals surface area (Å²) in [6.45, 7) is 22.9. The number of allylic oxidation sites excluding steroid dienone is 1. The molecular weight excluding hydrogens is 292 g/mol. The summed E-state index contributed by atoms with van der Waals surface area (Å²) in [5, 5.41) is 0. The molecule has 24 heavy (non-hydrogen) atoms. The fourth-order valence-electron chi connectivity index (χ4n) is 6.22. The average molecular weight is 333 g/mol. The van der Waals surface area contributed by atoms with E-state index in [1.54, 1.807) is 0 Å². The number of hydrogen-bond acceptors (Lipinski definition) is 1. The fraction of sp³-hybridized carbons (Fsp3) is 0.870. The van der Waals surface area contributed by atoms with Crippen LogP contribution in [0.15, 0.2) is 12.2 Å². The van der Waals surface area contributed by atoms with Gasteiger partial charge in [-0.2, -0.15) is 0 Å². The standard InChI is InChI=1S/C23H40O/c1-12(2)20-10-13(3)15(5)17(7)22(20)23-18(8)16(6)14(4)11-21(23)19(9)24/h13-18,20-23H,1,10-11H2,2-9H3. The van der Waals surface area contributed by atoms with Crippen LogP contribution in [0.2, 0.25) is 0 Å². The van der Waals surface area contributed by atoms with Crippen molar-refractivity contribution in [3.8, 4) is 0 Å². The van der Waals surface area contributed by atoms with Gasteiger partial charge < -0.3 is 0 Å². The summed E-state index contributed by atoms with van der Waals surface area (Å²) in [5.74, 6) is 6.55. The molecule has 2 aliphatic carbocycles. The monoisotopic (exact) mass is 332 g/mol. The Kier molecular flexibility index (Phi) is 6.03. The number of carbonyl (C=O) groups excluding carboxylic acids is 1. The zero-order chi connectivity index (χ0) is 18.3. The summed E-state index contributed by atoms with van der Waals surface area (Å²) in [5.41, 5.74) is 1.34. The summed E-state index contributed by atoms with van der Waals surface area (Å²) in [6.07, 6.45) is 2.34. The van der Waals surface area contributed by atoms with Gasteiger partial charge in [0.25, 0.3) is 0 Å². The van der Waals surface area contributed by atoms with Gasteiger partial charge in [0.2, 0.25) is 0 Å². The highest BCUT2D eigenvalue weighted by molar-refractivity contribution is 5.78. The van der Waals surface area contributed by atoms with Gasteiger partial charge in [0.15, 0.2) is 0 Å². The number of rotatable bonds is 3. The first-order chi connectivity index (χ1) is 11.1. The largest absolute Gasteiger partial charge is 0.300 e. The zero-order valence-electron chi connectivity index (χ0n) is 17.3. The van der Waals surface area contributed by atoms with Crippen LogP contribution in [0.4, 0.5) is 0 Å². The molecule has 0 aromatic carbocycles. The van der Waals surface area contributed by atoms with Crippen molar-refractivity contribution in [3.05, 3.63) is 12.2 Å². The van der Waals surface area contributed by atoms with Crippen molar-refractivity contribution in [2.75, 3.05) is 0 Å². The average Bonchev–Trinajstić information content (AvgIpc) is 2.50. The van der Waals surface area contributed by atoms with Crippen LogP contribution in [0.1, 0.15) is 68.2 Å². The maximum Gasteiger partial charge on any atom is 0.133 e. The second-order valence-corrected chi connectivity index (χ2v) is 9.69. The van der Waals surface area contributed by atoms with E-state index in [0.29, 0.717) is 47.2 Å². The molecule has 0 radical (unpaired) electrons. The molecule has 0 amide bonds. The lowest BCUT2D eigenvalue weighted by molar-refractivity contribution is -0.131. The van der Waals surface area contributed by atoms with E-state index in [2.05, 4.69) is 55.0 Å². The predicted molar refractivity (Wildman–Crippen MR) is 104 cm³/mol. The molecule has 10 unspecified atom stereocenters. The first kappa shape index (κ1) is 19.7. The SMILES string of the molecule is C=C(C)C1CC(C)C(C)C(C)C1C1C(C(C)=O)CC(C)C(C)C1C. The highest BCUT2D eigenvalue weighted by atomic mass is 16.1. The molecular formula is C23H40O. The Morgan fingerprint density at radius 2 is 1.08 bits per heavy atom. The van der Waals surface area contributed by atoms with Crippen molar-refractivity contribution in [1.82, 2.24) is 0 Å². The molecule has 10 atom stereocenters. The van der Waals surface area contributed by atoms with Crippen LogP contribution < -0.4 is 0 Å². The highest BCUT2D eigenvalue weighted by Crippen LogP contribution is 2.55. The van der Waals surface area contributed by atoms with E-state index < -0.39 is 0 Å². The van der Waals surface area contributed by atoms with E-state index in [4.69, 9.17) is 0 Å². The first-order valence-corrected chi connectivity index (χ1v) is 10.2. The lowest BCUT2D eigenvalue weighted by atomic mass is 9.50. The quantitative estimate of drug-likeness (QED) is 0.559. The lowest BCUT2D eigenvalue weighted by Crippen LogP contribution is -2.50. The van der Waals surface area contributed by atoms with E-state index >= 15 is 0 Å². The van der Waals surface area contributed by atoms with Gasteiger partial charge in [0.05, 0.1) is 0 Å². The van der Waals surface area contributed by atoms with Crippen LogP contribution in [0.5, 0.6) is 0 Å². The molecule has 0 aromatic rings. The van der Waals surface area contributed by atoms with Gasteiger partial charge >= 0.3 is 0 Å². The summed E-state index contributed by atoms with van der Waals surface area (Å²) in [4.78, 5) is 12.6. The topological polar surface area (TPSA) is 17.1 Å². The normalized spacial score (nSPS) is 49.7. The molecule has 0 spiro atoms. The molecule has 2 fully saturated rings. The maximum atomic E-state index is 12.6. The third-order valence-electron chi connectivity index (χ3n) is 8.45. The van der Waals surface area contributed by atoms with Gasteiger partial charge in [0.1, 0.15) is 5.78 Å². The Labute approximate surface area is 150 Å². The number of hydrogen-bond donors (Lipinski definition) is 0. The molecule has 1 heteroatoms. The Balaban J connectivity index is 2.45. The second kappa shape index (κ2) is 7.34. The zero-order valence-corrected chi connectivity index (χ0v) is 17.3. The molecule has 0 aromatic heterocycles. The molecule has 1 nitrogen and oxygen atoms in total. The van der Waals surface area contributed by atoms with E-state index in [1.165, 1.54) is 12.0 Å². The summed E-state index contributed by atoms with van der Waals surface area (Å²) < 4.78 is 0. The third-order valence-corrected chi connectivity index (χ3v) is 8.45. The van der Waals surface area contributed by atoms with Gasteiger partial charge in [-0.3, -0.25) is 4.79 Å². The number of Topliss-reactive ketones (excluding diaryl/α,β-unsaturated/α-hetero) is 1. The van der Waals surface area contributed by atoms with Gasteiger partial charge in [-0.15, -0.1) is 0 Å². The second-order valence-electron chi connectivity index (χ2n) is 9.69. The van der Waals surface area contributed by atoms with Gasteiger partial charge in [-0.05, 0) is 80.0 Å². The van der Waals surface area contributed by atoms with E-state index in [0.717, 1.165) is 18.3 Å². The number of carbonyl (C=O) groups is 1. The molecule has 0 bridgehead atoms. The van der Waals surface area contributed by atoms with Gasteiger partial charge in [-0.1, -0.05) is 53.7 Å². The molecule has 138 valence electrons. The summed E-state index contributed by atoms with van der Waals surface area (Å²) in [7, 11) is 0. The van der Waals surface area contributed by atoms with Crippen LogP contribution in [0, 0.1) is 59.2 Å². The smallest absolute Gasteiger partial charge is 0.133 e. The van der Waals surface area contributed by atoms with Gasteiger partial charge in [-0.25, -0.2) is 0 Å². The van der Waals surface area contributed by atoms with Crippen molar-refractivity contribution < 1.29 is 4.79 Å². The highest BCUT2D eigenvalue weighted by Gasteiger charge is 2.50. The van der Waals surface area contributed by atoms with Crippen LogP contribution in [0.25, 0.3) is 0 Å². The minimum absolute atomic E-state index is 0.251. The van der Waals surface area contributed by atoms with Crippen molar-refractivity contribution >= 4 is 5.78 Å². The molecule has 0 saturated heterocycles. The summed E-state index contributed by atoms with van der Waals surface area (Å²) in [6, 6.07) is 0. The Bertz CT molecular complexity index is 434. The van der Waals surface area contributed by atoms with Crippen molar-refractivity contribution in [2.45, 2.75) is 68.2 Å². The van der Waals surface area contributed by atoms with Crippen molar-refractivity contribution in [1.29, 1.82) is 0 Å². The molecule has 2 rings (SSSR count). The van der Waals surface area contributed by atoms with E-state index in [9.17, 15) is 4.79 Å². The van der Waals surface area contributed by atoms with E-state index in [1.807, 2.05) is 6.92 Å². The van der Waals surface area contributed by atoms with Crippen LogP contribution >= 0.6 is 0 Å². The van der Waals surface area contributed by atoms with Crippen LogP contribution in [-0.2, 0) is 4.79 Å². The number of ketones is 1. The summed E-state index contributed by atoms with van der Waals surface area (Å²) >= 11 is 0. The minimum atomic E-state index is 0.251. The lowest BCUT2D eigenvalue weighted by Gasteiger charge is -2.54. The first-order valence-electron chi connectivity index (χ1n) is 10.2. The Morgan fingerprint density at radius 1 is 0.708 bits per heavy atom. The molecule has 2 aliphatic rings. The molecule has 0 N–H and O–H groups in total. The van der Waals surface area contributed by atoms with Crippen LogP contribution in [-0.4, -0.2) is 5.78 Å². The molecule has 0 aliphatic heterocycles. The molecule has 2 saturated carbocycles.